The first-order valence-electron chi connectivity index (χ1n) is 7.55. The van der Waals surface area contributed by atoms with Gasteiger partial charge in [0.1, 0.15) is 0 Å². The fourth-order valence-corrected chi connectivity index (χ4v) is 4.08. The van der Waals surface area contributed by atoms with Crippen molar-refractivity contribution in [3.05, 3.63) is 51.6 Å². The Morgan fingerprint density at radius 1 is 1.38 bits per heavy atom. The van der Waals surface area contributed by atoms with E-state index >= 15 is 0 Å². The molecule has 21 heavy (non-hydrogen) atoms. The summed E-state index contributed by atoms with van der Waals surface area (Å²) in [5.41, 5.74) is 4.17. The number of aromatic nitrogens is 2. The molecule has 0 saturated carbocycles. The quantitative estimate of drug-likeness (QED) is 0.764. The molecule has 4 heteroatoms. The molecule has 0 fully saturated rings. The van der Waals surface area contributed by atoms with Crippen molar-refractivity contribution in [1.82, 2.24) is 15.3 Å². The second kappa shape index (κ2) is 5.28. The number of hydrogen-bond acceptors (Lipinski definition) is 3. The number of nitrogens with zero attached hydrogens (tertiary/aromatic N) is 1. The third kappa shape index (κ3) is 2.39. The fourth-order valence-electron chi connectivity index (χ4n) is 3.33. The van der Waals surface area contributed by atoms with Gasteiger partial charge in [-0.1, -0.05) is 18.2 Å². The van der Waals surface area contributed by atoms with Crippen molar-refractivity contribution in [2.45, 2.75) is 38.8 Å². The van der Waals surface area contributed by atoms with E-state index in [4.69, 9.17) is 0 Å². The van der Waals surface area contributed by atoms with Gasteiger partial charge in [0.05, 0.1) is 5.01 Å². The van der Waals surface area contributed by atoms with Gasteiger partial charge in [-0.2, -0.15) is 0 Å². The van der Waals surface area contributed by atoms with Gasteiger partial charge in [-0.25, -0.2) is 4.98 Å². The largest absolute Gasteiger partial charge is 0.357 e. The van der Waals surface area contributed by atoms with Crippen LogP contribution in [-0.4, -0.2) is 9.97 Å². The van der Waals surface area contributed by atoms with Crippen LogP contribution in [0.3, 0.4) is 0 Å². The summed E-state index contributed by atoms with van der Waals surface area (Å²) in [6, 6.07) is 9.08. The lowest BCUT2D eigenvalue weighted by molar-refractivity contribution is 0.454. The maximum atomic E-state index is 4.33. The zero-order chi connectivity index (χ0) is 14.2. The molecule has 1 aliphatic carbocycles. The van der Waals surface area contributed by atoms with E-state index in [0.717, 1.165) is 11.6 Å². The van der Waals surface area contributed by atoms with E-state index < -0.39 is 0 Å². The Balaban J connectivity index is 1.61. The van der Waals surface area contributed by atoms with Gasteiger partial charge in [-0.05, 0) is 37.8 Å². The average molecular weight is 297 g/mol. The number of fused-ring (bicyclic) bond motifs is 3. The molecule has 2 heterocycles. The van der Waals surface area contributed by atoms with Crippen molar-refractivity contribution in [3.63, 3.8) is 0 Å². The van der Waals surface area contributed by atoms with Gasteiger partial charge in [0.15, 0.2) is 0 Å². The van der Waals surface area contributed by atoms with Crippen molar-refractivity contribution in [2.24, 2.45) is 0 Å². The monoisotopic (exact) mass is 297 g/mol. The Kier molecular flexibility index (Phi) is 3.28. The van der Waals surface area contributed by atoms with E-state index in [-0.39, 0.29) is 0 Å². The first-order chi connectivity index (χ1) is 10.3. The summed E-state index contributed by atoms with van der Waals surface area (Å²) in [5, 5.41) is 6.24. The molecule has 3 aromatic rings. The van der Waals surface area contributed by atoms with Crippen LogP contribution in [0.25, 0.3) is 10.9 Å². The van der Waals surface area contributed by atoms with Gasteiger partial charge in [0.25, 0.3) is 0 Å². The SMILES string of the molecule is Cc1ncc(CNC2CCCc3c2[nH]c2ccccc32)s1. The average Bonchev–Trinajstić information content (AvgIpc) is 3.09. The molecule has 1 aliphatic rings. The molecule has 1 unspecified atom stereocenters. The second-order valence-electron chi connectivity index (χ2n) is 5.73. The van der Waals surface area contributed by atoms with E-state index in [1.807, 2.05) is 6.20 Å². The molecule has 2 aromatic heterocycles. The number of aromatic amines is 1. The number of nitrogens with one attached hydrogen (secondary N) is 2. The summed E-state index contributed by atoms with van der Waals surface area (Å²) in [4.78, 5) is 9.28. The normalized spacial score (nSPS) is 18.0. The minimum Gasteiger partial charge on any atom is -0.357 e. The smallest absolute Gasteiger partial charge is 0.0897 e. The van der Waals surface area contributed by atoms with Crippen LogP contribution in [0.5, 0.6) is 0 Å². The molecule has 1 aromatic carbocycles. The first-order valence-corrected chi connectivity index (χ1v) is 8.37. The molecule has 2 N–H and O–H groups in total. The van der Waals surface area contributed by atoms with Crippen LogP contribution < -0.4 is 5.32 Å². The predicted molar refractivity (Wildman–Crippen MR) is 87.7 cm³/mol. The highest BCUT2D eigenvalue weighted by Gasteiger charge is 2.23. The first kappa shape index (κ1) is 13.0. The summed E-state index contributed by atoms with van der Waals surface area (Å²) in [6.07, 6.45) is 5.64. The number of benzene rings is 1. The Morgan fingerprint density at radius 2 is 2.29 bits per heavy atom. The lowest BCUT2D eigenvalue weighted by atomic mass is 9.92. The van der Waals surface area contributed by atoms with Crippen molar-refractivity contribution < 1.29 is 0 Å². The molecule has 0 bridgehead atoms. The molecule has 4 rings (SSSR count). The molecular weight excluding hydrogens is 278 g/mol. The summed E-state index contributed by atoms with van der Waals surface area (Å²) >= 11 is 1.78. The Hall–Kier alpha value is -1.65. The number of H-pyrrole nitrogens is 1. The van der Waals surface area contributed by atoms with Crippen molar-refractivity contribution in [3.8, 4) is 0 Å². The van der Waals surface area contributed by atoms with Crippen molar-refractivity contribution in [1.29, 1.82) is 0 Å². The van der Waals surface area contributed by atoms with Gasteiger partial charge in [-0.15, -0.1) is 11.3 Å². The standard InChI is InChI=1S/C17H19N3S/c1-11-18-9-12(21-11)10-19-16-8-4-6-14-13-5-2-3-7-15(13)20-17(14)16/h2-3,5,7,9,16,19-20H,4,6,8,10H2,1H3. The maximum Gasteiger partial charge on any atom is 0.0897 e. The maximum absolute atomic E-state index is 4.33. The lowest BCUT2D eigenvalue weighted by Gasteiger charge is -2.23. The third-order valence-electron chi connectivity index (χ3n) is 4.31. The molecule has 0 amide bonds. The van der Waals surface area contributed by atoms with Crippen molar-refractivity contribution >= 4 is 22.2 Å². The Labute approximate surface area is 128 Å². The summed E-state index contributed by atoms with van der Waals surface area (Å²) < 4.78 is 0. The highest BCUT2D eigenvalue weighted by molar-refractivity contribution is 7.11. The topological polar surface area (TPSA) is 40.7 Å². The lowest BCUT2D eigenvalue weighted by Crippen LogP contribution is -2.24. The van der Waals surface area contributed by atoms with Crippen LogP contribution >= 0.6 is 11.3 Å². The zero-order valence-electron chi connectivity index (χ0n) is 12.1. The van der Waals surface area contributed by atoms with E-state index in [9.17, 15) is 0 Å². The van der Waals surface area contributed by atoms with Crippen LogP contribution in [0.15, 0.2) is 30.5 Å². The predicted octanol–water partition coefficient (Wildman–Crippen LogP) is 4.10. The Morgan fingerprint density at radius 3 is 3.14 bits per heavy atom. The van der Waals surface area contributed by atoms with Crippen LogP contribution in [0.4, 0.5) is 0 Å². The zero-order valence-corrected chi connectivity index (χ0v) is 13.0. The van der Waals surface area contributed by atoms with Gasteiger partial charge < -0.3 is 10.3 Å². The molecule has 0 radical (unpaired) electrons. The number of para-hydroxylation sites is 1. The number of hydrogen-bond donors (Lipinski definition) is 2. The minimum atomic E-state index is 0.434. The summed E-state index contributed by atoms with van der Waals surface area (Å²) in [5.74, 6) is 0. The highest BCUT2D eigenvalue weighted by Crippen LogP contribution is 2.34. The van der Waals surface area contributed by atoms with E-state index in [1.165, 1.54) is 46.3 Å². The van der Waals surface area contributed by atoms with Crippen LogP contribution in [0.2, 0.25) is 0 Å². The third-order valence-corrected chi connectivity index (χ3v) is 5.22. The molecule has 0 spiro atoms. The van der Waals surface area contributed by atoms with Crippen LogP contribution in [0, 0.1) is 6.92 Å². The Bertz CT molecular complexity index is 771. The molecule has 0 aliphatic heterocycles. The second-order valence-corrected chi connectivity index (χ2v) is 7.05. The molecule has 1 atom stereocenters. The van der Waals surface area contributed by atoms with Gasteiger partial charge >= 0.3 is 0 Å². The van der Waals surface area contributed by atoms with Gasteiger partial charge in [0.2, 0.25) is 0 Å². The number of thiazole rings is 1. The van der Waals surface area contributed by atoms with Gasteiger partial charge in [0, 0.05) is 40.3 Å². The van der Waals surface area contributed by atoms with E-state index in [1.54, 1.807) is 11.3 Å². The molecule has 0 saturated heterocycles. The molecule has 3 nitrogen and oxygen atoms in total. The minimum absolute atomic E-state index is 0.434. The van der Waals surface area contributed by atoms with Gasteiger partial charge in [-0.3, -0.25) is 0 Å². The van der Waals surface area contributed by atoms with Crippen molar-refractivity contribution in [2.75, 3.05) is 0 Å². The summed E-state index contributed by atoms with van der Waals surface area (Å²) in [6.45, 7) is 2.97. The van der Waals surface area contributed by atoms with Crippen LogP contribution in [-0.2, 0) is 13.0 Å². The van der Waals surface area contributed by atoms with E-state index in [2.05, 4.69) is 46.5 Å². The van der Waals surface area contributed by atoms with Crippen LogP contribution in [0.1, 0.15) is 40.0 Å². The molecular formula is C17H19N3S. The van der Waals surface area contributed by atoms with E-state index in [0.29, 0.717) is 6.04 Å². The highest BCUT2D eigenvalue weighted by atomic mass is 32.1. The summed E-state index contributed by atoms with van der Waals surface area (Å²) in [7, 11) is 0. The fraction of sp³-hybridized carbons (Fsp3) is 0.353. The number of rotatable bonds is 3. The number of aryl methyl sites for hydroxylation is 2. The molecule has 108 valence electrons.